The molecule has 0 radical (unpaired) electrons. The van der Waals surface area contributed by atoms with E-state index in [1.165, 1.54) is 0 Å². The first-order valence-electron chi connectivity index (χ1n) is 3.96. The molecule has 1 amide bonds. The molecule has 0 saturated carbocycles. The van der Waals surface area contributed by atoms with E-state index in [9.17, 15) is 9.90 Å². The van der Waals surface area contributed by atoms with Gasteiger partial charge < -0.3 is 15.6 Å². The van der Waals surface area contributed by atoms with E-state index >= 15 is 0 Å². The zero-order chi connectivity index (χ0) is 10.6. The van der Waals surface area contributed by atoms with Crippen molar-refractivity contribution in [1.29, 1.82) is 0 Å². The van der Waals surface area contributed by atoms with Crippen molar-refractivity contribution in [2.24, 2.45) is 5.73 Å². The monoisotopic (exact) mass is 215 g/mol. The van der Waals surface area contributed by atoms with Gasteiger partial charge in [0.25, 0.3) is 0 Å². The molecular formula is C9H10ClNO3. The van der Waals surface area contributed by atoms with Gasteiger partial charge in [0.2, 0.25) is 0 Å². The van der Waals surface area contributed by atoms with Gasteiger partial charge in [-0.15, -0.1) is 0 Å². The lowest BCUT2D eigenvalue weighted by molar-refractivity contribution is 0.0729. The molecule has 3 N–H and O–H groups in total. The van der Waals surface area contributed by atoms with Crippen LogP contribution >= 0.6 is 11.6 Å². The van der Waals surface area contributed by atoms with Gasteiger partial charge in [-0.05, 0) is 6.07 Å². The van der Waals surface area contributed by atoms with Gasteiger partial charge in [-0.2, -0.15) is 0 Å². The average molecular weight is 216 g/mol. The largest absolute Gasteiger partial charge is 0.447 e. The number of amides is 1. The fourth-order valence-electron chi connectivity index (χ4n) is 0.996. The maximum atomic E-state index is 10.3. The first-order chi connectivity index (χ1) is 6.61. The van der Waals surface area contributed by atoms with Crippen molar-refractivity contribution in [3.63, 3.8) is 0 Å². The number of carbonyl (C=O) groups excluding carboxylic acids is 1. The molecule has 1 aromatic carbocycles. The molecule has 0 spiro atoms. The number of primary amides is 1. The van der Waals surface area contributed by atoms with Crippen LogP contribution in [0.3, 0.4) is 0 Å². The molecule has 0 heterocycles. The van der Waals surface area contributed by atoms with Crippen molar-refractivity contribution in [2.75, 3.05) is 6.61 Å². The second kappa shape index (κ2) is 4.83. The third-order valence-electron chi connectivity index (χ3n) is 1.65. The number of aliphatic hydroxyl groups excluding tert-OH is 1. The van der Waals surface area contributed by atoms with Crippen LogP contribution < -0.4 is 5.73 Å². The Morgan fingerprint density at radius 2 is 2.21 bits per heavy atom. The minimum absolute atomic E-state index is 0.195. The number of ether oxygens (including phenoxy) is 1. The smallest absolute Gasteiger partial charge is 0.404 e. The lowest BCUT2D eigenvalue weighted by Gasteiger charge is -2.11. The summed E-state index contributed by atoms with van der Waals surface area (Å²) in [6.45, 7) is -0.195. The van der Waals surface area contributed by atoms with Crippen molar-refractivity contribution >= 4 is 17.7 Å². The predicted molar refractivity (Wildman–Crippen MR) is 51.9 cm³/mol. The molecule has 0 aromatic heterocycles. The van der Waals surface area contributed by atoms with Crippen molar-refractivity contribution in [1.82, 2.24) is 0 Å². The summed E-state index contributed by atoms with van der Waals surface area (Å²) in [4.78, 5) is 10.3. The number of hydrogen-bond donors (Lipinski definition) is 2. The summed E-state index contributed by atoms with van der Waals surface area (Å²) in [5, 5.41) is 9.96. The lowest BCUT2D eigenvalue weighted by Crippen LogP contribution is -2.17. The number of carbonyl (C=O) groups is 1. The third kappa shape index (κ3) is 2.90. The Morgan fingerprint density at radius 1 is 1.57 bits per heavy atom. The number of rotatable bonds is 3. The number of hydrogen-bond acceptors (Lipinski definition) is 3. The molecule has 0 aliphatic heterocycles. The van der Waals surface area contributed by atoms with Crippen LogP contribution in [0.2, 0.25) is 5.02 Å². The molecule has 1 atom stereocenters. The molecule has 1 rings (SSSR count). The summed E-state index contributed by atoms with van der Waals surface area (Å²) in [6, 6.07) is 6.77. The molecule has 5 heteroatoms. The van der Waals surface area contributed by atoms with E-state index in [4.69, 9.17) is 17.3 Å². The van der Waals surface area contributed by atoms with Gasteiger partial charge in [0.1, 0.15) is 12.7 Å². The van der Waals surface area contributed by atoms with E-state index in [-0.39, 0.29) is 6.61 Å². The van der Waals surface area contributed by atoms with Gasteiger partial charge in [-0.3, -0.25) is 0 Å². The summed E-state index contributed by atoms with van der Waals surface area (Å²) < 4.78 is 4.44. The van der Waals surface area contributed by atoms with E-state index in [2.05, 4.69) is 4.74 Å². The number of halogens is 1. The first-order valence-corrected chi connectivity index (χ1v) is 4.34. The van der Waals surface area contributed by atoms with Crippen LogP contribution in [-0.2, 0) is 4.74 Å². The van der Waals surface area contributed by atoms with Crippen LogP contribution in [0.1, 0.15) is 11.7 Å². The Balaban J connectivity index is 2.65. The molecule has 1 unspecified atom stereocenters. The van der Waals surface area contributed by atoms with Crippen LogP contribution in [0.15, 0.2) is 24.3 Å². The van der Waals surface area contributed by atoms with Crippen LogP contribution in [0, 0.1) is 0 Å². The topological polar surface area (TPSA) is 72.6 Å². The maximum Gasteiger partial charge on any atom is 0.404 e. The summed E-state index contributed by atoms with van der Waals surface area (Å²) in [5.74, 6) is 0. The molecule has 76 valence electrons. The van der Waals surface area contributed by atoms with Gasteiger partial charge >= 0.3 is 6.09 Å². The third-order valence-corrected chi connectivity index (χ3v) is 1.99. The summed E-state index contributed by atoms with van der Waals surface area (Å²) in [6.07, 6.45) is -1.87. The minimum atomic E-state index is -0.948. The highest BCUT2D eigenvalue weighted by Gasteiger charge is 2.12. The number of aliphatic hydroxyl groups is 1. The zero-order valence-corrected chi connectivity index (χ0v) is 8.07. The maximum absolute atomic E-state index is 10.3. The highest BCUT2D eigenvalue weighted by atomic mass is 35.5. The fourth-order valence-corrected chi connectivity index (χ4v) is 1.26. The van der Waals surface area contributed by atoms with Crippen molar-refractivity contribution in [3.8, 4) is 0 Å². The van der Waals surface area contributed by atoms with Crippen molar-refractivity contribution in [2.45, 2.75) is 6.10 Å². The van der Waals surface area contributed by atoms with Gasteiger partial charge in [0.15, 0.2) is 0 Å². The quantitative estimate of drug-likeness (QED) is 0.802. The number of benzene rings is 1. The Labute approximate surface area is 86.2 Å². The zero-order valence-electron chi connectivity index (χ0n) is 7.31. The summed E-state index contributed by atoms with van der Waals surface area (Å²) >= 11 is 5.80. The predicted octanol–water partition coefficient (Wildman–Crippen LogP) is 1.47. The van der Waals surface area contributed by atoms with Gasteiger partial charge in [-0.1, -0.05) is 29.8 Å². The summed E-state index contributed by atoms with van der Waals surface area (Å²) in [5.41, 5.74) is 5.26. The van der Waals surface area contributed by atoms with Crippen LogP contribution in [0.5, 0.6) is 0 Å². The minimum Gasteiger partial charge on any atom is -0.447 e. The Kier molecular flexibility index (Phi) is 3.73. The number of nitrogens with two attached hydrogens (primary N) is 1. The average Bonchev–Trinajstić information content (AvgIpc) is 2.15. The second-order valence-electron chi connectivity index (χ2n) is 2.67. The van der Waals surface area contributed by atoms with Crippen LogP contribution in [-0.4, -0.2) is 17.8 Å². The van der Waals surface area contributed by atoms with E-state index in [1.54, 1.807) is 24.3 Å². The highest BCUT2D eigenvalue weighted by Crippen LogP contribution is 2.22. The first kappa shape index (κ1) is 10.8. The van der Waals surface area contributed by atoms with E-state index in [0.29, 0.717) is 10.6 Å². The van der Waals surface area contributed by atoms with Crippen molar-refractivity contribution in [3.05, 3.63) is 34.9 Å². The molecule has 0 fully saturated rings. The molecule has 0 saturated heterocycles. The molecule has 14 heavy (non-hydrogen) atoms. The van der Waals surface area contributed by atoms with E-state index < -0.39 is 12.2 Å². The normalized spacial score (nSPS) is 12.1. The van der Waals surface area contributed by atoms with Crippen LogP contribution in [0.25, 0.3) is 0 Å². The Morgan fingerprint density at radius 3 is 2.79 bits per heavy atom. The van der Waals surface area contributed by atoms with Gasteiger partial charge in [0.05, 0.1) is 0 Å². The highest BCUT2D eigenvalue weighted by molar-refractivity contribution is 6.31. The SMILES string of the molecule is NC(=O)OCC(O)c1ccccc1Cl. The Hall–Kier alpha value is -1.26. The van der Waals surface area contributed by atoms with E-state index in [0.717, 1.165) is 0 Å². The molecule has 4 nitrogen and oxygen atoms in total. The molecule has 0 bridgehead atoms. The molecule has 0 aliphatic rings. The Bertz CT molecular complexity index is 330. The lowest BCUT2D eigenvalue weighted by atomic mass is 10.1. The molecule has 0 aliphatic carbocycles. The summed E-state index contributed by atoms with van der Waals surface area (Å²) in [7, 11) is 0. The van der Waals surface area contributed by atoms with Crippen molar-refractivity contribution < 1.29 is 14.6 Å². The van der Waals surface area contributed by atoms with Gasteiger partial charge in [0, 0.05) is 10.6 Å². The second-order valence-corrected chi connectivity index (χ2v) is 3.07. The van der Waals surface area contributed by atoms with E-state index in [1.807, 2.05) is 0 Å². The fraction of sp³-hybridized carbons (Fsp3) is 0.222. The van der Waals surface area contributed by atoms with Crippen LogP contribution in [0.4, 0.5) is 4.79 Å². The molecular weight excluding hydrogens is 206 g/mol. The molecule has 1 aromatic rings. The van der Waals surface area contributed by atoms with Gasteiger partial charge in [-0.25, -0.2) is 4.79 Å². The standard InChI is InChI=1S/C9H10ClNO3/c10-7-4-2-1-3-6(7)8(12)5-14-9(11)13/h1-4,8,12H,5H2,(H2,11,13).